The minimum absolute atomic E-state index is 0.616. The predicted octanol–water partition coefficient (Wildman–Crippen LogP) is 12.5. The van der Waals surface area contributed by atoms with Crippen LogP contribution in [0.2, 0.25) is 0 Å². The summed E-state index contributed by atoms with van der Waals surface area (Å²) in [6.45, 7) is 0. The van der Waals surface area contributed by atoms with Crippen LogP contribution >= 0.6 is 0 Å². The van der Waals surface area contributed by atoms with Gasteiger partial charge < -0.3 is 8.98 Å². The van der Waals surface area contributed by atoms with Crippen LogP contribution in [0.1, 0.15) is 0 Å². The Hall–Kier alpha value is -7.24. The molecular weight excluding hydrogens is 649 g/mol. The highest BCUT2D eigenvalue weighted by molar-refractivity contribution is 6.20. The second kappa shape index (κ2) is 10.6. The second-order valence-corrected chi connectivity index (χ2v) is 13.8. The minimum atomic E-state index is 0.616. The van der Waals surface area contributed by atoms with Crippen LogP contribution in [0.5, 0.6) is 0 Å². The first-order valence-corrected chi connectivity index (χ1v) is 17.9. The van der Waals surface area contributed by atoms with Gasteiger partial charge in [-0.1, -0.05) is 115 Å². The van der Waals surface area contributed by atoms with E-state index in [2.05, 4.69) is 173 Å². The van der Waals surface area contributed by atoms with Crippen molar-refractivity contribution in [2.45, 2.75) is 0 Å². The monoisotopic (exact) mass is 676 g/mol. The summed E-state index contributed by atoms with van der Waals surface area (Å²) in [5, 5.41) is 10.2. The van der Waals surface area contributed by atoms with Gasteiger partial charge >= 0.3 is 0 Å². The summed E-state index contributed by atoms with van der Waals surface area (Å²) >= 11 is 0. The molecule has 0 fully saturated rings. The molecule has 0 amide bonds. The van der Waals surface area contributed by atoms with Crippen LogP contribution < -0.4 is 0 Å². The molecule has 53 heavy (non-hydrogen) atoms. The van der Waals surface area contributed by atoms with E-state index in [0.29, 0.717) is 5.95 Å². The van der Waals surface area contributed by atoms with Crippen molar-refractivity contribution >= 4 is 87.2 Å². The van der Waals surface area contributed by atoms with Crippen molar-refractivity contribution in [3.05, 3.63) is 170 Å². The summed E-state index contributed by atoms with van der Waals surface area (Å²) in [5.41, 5.74) is 9.90. The van der Waals surface area contributed by atoms with Gasteiger partial charge in [0.2, 0.25) is 5.95 Å². The first-order valence-electron chi connectivity index (χ1n) is 17.9. The Morgan fingerprint density at radius 3 is 1.81 bits per heavy atom. The predicted molar refractivity (Wildman–Crippen MR) is 218 cm³/mol. The lowest BCUT2D eigenvalue weighted by molar-refractivity contribution is 0.673. The van der Waals surface area contributed by atoms with Gasteiger partial charge in [0.25, 0.3) is 0 Å². The zero-order chi connectivity index (χ0) is 34.6. The Balaban J connectivity index is 1.19. The van der Waals surface area contributed by atoms with Crippen molar-refractivity contribution in [1.82, 2.24) is 19.1 Å². The number of nitrogens with zero attached hydrogens (tertiary/aromatic N) is 4. The van der Waals surface area contributed by atoms with E-state index in [1.807, 2.05) is 6.07 Å². The molecule has 8 aromatic carbocycles. The number of para-hydroxylation sites is 5. The Kier molecular flexibility index (Phi) is 5.71. The number of fused-ring (bicyclic) bond motifs is 12. The molecule has 246 valence electrons. The van der Waals surface area contributed by atoms with E-state index in [9.17, 15) is 0 Å². The molecular formula is C48H28N4O. The van der Waals surface area contributed by atoms with Gasteiger partial charge in [-0.25, -0.2) is 9.97 Å². The van der Waals surface area contributed by atoms with Crippen molar-refractivity contribution in [3.8, 4) is 22.9 Å². The maximum absolute atomic E-state index is 6.83. The molecule has 4 heterocycles. The highest BCUT2D eigenvalue weighted by atomic mass is 16.3. The number of hydrogen-bond donors (Lipinski definition) is 0. The summed E-state index contributed by atoms with van der Waals surface area (Å²) in [6.07, 6.45) is 0. The zero-order valence-electron chi connectivity index (χ0n) is 28.4. The van der Waals surface area contributed by atoms with Crippen molar-refractivity contribution in [1.29, 1.82) is 0 Å². The van der Waals surface area contributed by atoms with Gasteiger partial charge in [-0.3, -0.25) is 4.57 Å². The number of benzene rings is 8. The van der Waals surface area contributed by atoms with Crippen LogP contribution in [-0.4, -0.2) is 19.1 Å². The lowest BCUT2D eigenvalue weighted by atomic mass is 10.0. The van der Waals surface area contributed by atoms with Crippen molar-refractivity contribution < 1.29 is 4.42 Å². The van der Waals surface area contributed by atoms with Gasteiger partial charge in [-0.2, -0.15) is 0 Å². The summed E-state index contributed by atoms with van der Waals surface area (Å²) in [6, 6.07) is 60.0. The molecule has 0 aliphatic heterocycles. The van der Waals surface area contributed by atoms with Gasteiger partial charge in [-0.05, 0) is 60.0 Å². The third-order valence-corrected chi connectivity index (χ3v) is 10.9. The van der Waals surface area contributed by atoms with Gasteiger partial charge in [0.1, 0.15) is 11.2 Å². The third-order valence-electron chi connectivity index (χ3n) is 10.9. The standard InChI is InChI=1S/C48H28N4O/c1-2-14-30(15-3-1)51-41-23-10-7-17-32(41)38-27-39-33-18-8-11-24-42(33)52(44(39)28-43(38)51)48-49-40-22-9-6-19-36(40)45(50-48)37-21-12-20-34-35-26-25-29-13-4-5-16-31(29)46(35)53-47(34)37/h1-28H. The van der Waals surface area contributed by atoms with E-state index < -0.39 is 0 Å². The molecule has 0 atom stereocenters. The van der Waals surface area contributed by atoms with Gasteiger partial charge in [0.05, 0.1) is 33.3 Å². The summed E-state index contributed by atoms with van der Waals surface area (Å²) in [5.74, 6) is 0.616. The highest BCUT2D eigenvalue weighted by Crippen LogP contribution is 2.42. The van der Waals surface area contributed by atoms with Crippen LogP contribution in [0.15, 0.2) is 174 Å². The fraction of sp³-hybridized carbons (Fsp3) is 0. The fourth-order valence-corrected chi connectivity index (χ4v) is 8.58. The molecule has 0 spiro atoms. The molecule has 5 nitrogen and oxygen atoms in total. The van der Waals surface area contributed by atoms with Crippen LogP contribution in [0, 0.1) is 0 Å². The van der Waals surface area contributed by atoms with E-state index in [4.69, 9.17) is 14.4 Å². The van der Waals surface area contributed by atoms with E-state index in [0.717, 1.165) is 87.9 Å². The highest BCUT2D eigenvalue weighted by Gasteiger charge is 2.22. The molecule has 12 aromatic rings. The molecule has 0 N–H and O–H groups in total. The van der Waals surface area contributed by atoms with Crippen LogP contribution in [0.4, 0.5) is 0 Å². The molecule has 0 radical (unpaired) electrons. The number of furan rings is 1. The maximum atomic E-state index is 6.83. The Labute approximate surface area is 302 Å². The minimum Gasteiger partial charge on any atom is -0.455 e. The first-order chi connectivity index (χ1) is 26.3. The molecule has 4 aromatic heterocycles. The van der Waals surface area contributed by atoms with Gasteiger partial charge in [0, 0.05) is 54.3 Å². The van der Waals surface area contributed by atoms with Crippen molar-refractivity contribution in [2.75, 3.05) is 0 Å². The Morgan fingerprint density at radius 1 is 0.377 bits per heavy atom. The first kappa shape index (κ1) is 28.5. The van der Waals surface area contributed by atoms with Crippen LogP contribution in [-0.2, 0) is 0 Å². The van der Waals surface area contributed by atoms with Crippen molar-refractivity contribution in [3.63, 3.8) is 0 Å². The molecule has 0 bridgehead atoms. The molecule has 12 rings (SSSR count). The summed E-state index contributed by atoms with van der Waals surface area (Å²) in [4.78, 5) is 10.8. The topological polar surface area (TPSA) is 48.8 Å². The number of hydrogen-bond acceptors (Lipinski definition) is 3. The van der Waals surface area contributed by atoms with Crippen molar-refractivity contribution in [2.24, 2.45) is 0 Å². The Bertz CT molecular complexity index is 3460. The molecule has 5 heteroatoms. The molecule has 0 aliphatic carbocycles. The molecule has 0 aliphatic rings. The van der Waals surface area contributed by atoms with Gasteiger partial charge in [-0.15, -0.1) is 0 Å². The quantitative estimate of drug-likeness (QED) is 0.187. The summed E-state index contributed by atoms with van der Waals surface area (Å²) in [7, 11) is 0. The summed E-state index contributed by atoms with van der Waals surface area (Å²) < 4.78 is 11.4. The number of aromatic nitrogens is 4. The van der Waals surface area contributed by atoms with E-state index >= 15 is 0 Å². The lowest BCUT2D eigenvalue weighted by Crippen LogP contribution is -2.03. The van der Waals surface area contributed by atoms with Gasteiger partial charge in [0.15, 0.2) is 0 Å². The average molecular weight is 677 g/mol. The van der Waals surface area contributed by atoms with E-state index in [1.54, 1.807) is 0 Å². The Morgan fingerprint density at radius 2 is 1.00 bits per heavy atom. The van der Waals surface area contributed by atoms with E-state index in [-0.39, 0.29) is 0 Å². The SMILES string of the molecule is c1ccc(-n2c3ccccc3c3cc4c5ccccc5n(-c5nc(-c6cccc7c6oc6c8ccccc8ccc76)c6ccccc6n5)c4cc32)cc1. The van der Waals surface area contributed by atoms with Crippen LogP contribution in [0.25, 0.3) is 110 Å². The zero-order valence-corrected chi connectivity index (χ0v) is 28.4. The number of rotatable bonds is 3. The second-order valence-electron chi connectivity index (χ2n) is 13.8. The molecule has 0 saturated heterocycles. The average Bonchev–Trinajstić information content (AvgIpc) is 3.87. The third kappa shape index (κ3) is 3.96. The smallest absolute Gasteiger partial charge is 0.235 e. The molecule has 0 saturated carbocycles. The van der Waals surface area contributed by atoms with E-state index in [1.165, 1.54) is 16.3 Å². The lowest BCUT2D eigenvalue weighted by Gasteiger charge is -2.12. The molecule has 0 unspecified atom stereocenters. The maximum Gasteiger partial charge on any atom is 0.235 e. The van der Waals surface area contributed by atoms with Crippen LogP contribution in [0.3, 0.4) is 0 Å². The largest absolute Gasteiger partial charge is 0.455 e. The fourth-order valence-electron chi connectivity index (χ4n) is 8.58. The normalized spacial score (nSPS) is 12.2.